The zero-order valence-electron chi connectivity index (χ0n) is 15.6. The molecular weight excluding hydrogens is 407 g/mol. The average molecular weight is 430 g/mol. The van der Waals surface area contributed by atoms with E-state index in [0.29, 0.717) is 26.1 Å². The van der Waals surface area contributed by atoms with E-state index in [4.69, 9.17) is 5.73 Å². The Morgan fingerprint density at radius 1 is 1.00 bits per heavy atom. The van der Waals surface area contributed by atoms with Crippen molar-refractivity contribution in [2.75, 3.05) is 19.6 Å². The first-order valence-corrected chi connectivity index (χ1v) is 8.78. The van der Waals surface area contributed by atoms with E-state index in [2.05, 4.69) is 5.32 Å². The lowest BCUT2D eigenvalue weighted by atomic mass is 10.1. The van der Waals surface area contributed by atoms with Crippen LogP contribution in [0.4, 0.5) is 13.2 Å². The van der Waals surface area contributed by atoms with Crippen LogP contribution in [0.5, 0.6) is 0 Å². The van der Waals surface area contributed by atoms with Gasteiger partial charge >= 0.3 is 6.18 Å². The highest BCUT2D eigenvalue weighted by atomic mass is 35.5. The molecule has 2 aromatic carbocycles. The van der Waals surface area contributed by atoms with Crippen molar-refractivity contribution in [2.45, 2.75) is 19.1 Å². The number of rotatable bonds is 8. The molecule has 0 fully saturated rings. The van der Waals surface area contributed by atoms with Gasteiger partial charge in [-0.1, -0.05) is 30.3 Å². The Kier molecular flexibility index (Phi) is 9.64. The van der Waals surface area contributed by atoms with Gasteiger partial charge in [0.2, 0.25) is 5.91 Å². The first-order chi connectivity index (χ1) is 13.3. The van der Waals surface area contributed by atoms with E-state index in [0.717, 1.165) is 29.8 Å². The number of nitrogens with two attached hydrogens (primary N) is 1. The van der Waals surface area contributed by atoms with Crippen LogP contribution >= 0.6 is 12.4 Å². The standard InChI is InChI=1S/C20H22F3N3O2.ClH/c21-20(22,23)17-9-7-16(8-10-17)19(28)25-13-18(27)26(12-4-11-24)14-15-5-2-1-3-6-15;/h1-3,5-10H,4,11-14,24H2,(H,25,28);1H. The van der Waals surface area contributed by atoms with Gasteiger partial charge in [-0.2, -0.15) is 13.2 Å². The Labute approximate surface area is 173 Å². The van der Waals surface area contributed by atoms with Crippen molar-refractivity contribution < 1.29 is 22.8 Å². The number of nitrogens with zero attached hydrogens (tertiary/aromatic N) is 1. The molecule has 9 heteroatoms. The fourth-order valence-corrected chi connectivity index (χ4v) is 2.56. The molecular formula is C20H23ClF3N3O2. The maximum absolute atomic E-state index is 12.6. The molecule has 0 heterocycles. The lowest BCUT2D eigenvalue weighted by Crippen LogP contribution is -2.40. The van der Waals surface area contributed by atoms with Crippen LogP contribution in [-0.4, -0.2) is 36.3 Å². The molecule has 2 aromatic rings. The maximum Gasteiger partial charge on any atom is 0.416 e. The van der Waals surface area contributed by atoms with Gasteiger partial charge in [0, 0.05) is 18.7 Å². The number of alkyl halides is 3. The van der Waals surface area contributed by atoms with Gasteiger partial charge in [-0.3, -0.25) is 9.59 Å². The number of carbonyl (C=O) groups is 2. The van der Waals surface area contributed by atoms with Gasteiger partial charge in [-0.05, 0) is 42.8 Å². The summed E-state index contributed by atoms with van der Waals surface area (Å²) in [7, 11) is 0. The van der Waals surface area contributed by atoms with Crippen molar-refractivity contribution in [3.05, 3.63) is 71.3 Å². The molecule has 0 atom stereocenters. The zero-order valence-corrected chi connectivity index (χ0v) is 16.4. The van der Waals surface area contributed by atoms with Crippen molar-refractivity contribution in [1.82, 2.24) is 10.2 Å². The van der Waals surface area contributed by atoms with Gasteiger partial charge in [-0.25, -0.2) is 0 Å². The average Bonchev–Trinajstić information content (AvgIpc) is 2.69. The number of amides is 2. The summed E-state index contributed by atoms with van der Waals surface area (Å²) in [5.41, 5.74) is 5.69. The summed E-state index contributed by atoms with van der Waals surface area (Å²) in [4.78, 5) is 26.2. The highest BCUT2D eigenvalue weighted by molar-refractivity contribution is 5.96. The van der Waals surface area contributed by atoms with Gasteiger partial charge in [0.1, 0.15) is 0 Å². The van der Waals surface area contributed by atoms with Gasteiger partial charge in [0.15, 0.2) is 0 Å². The molecule has 29 heavy (non-hydrogen) atoms. The van der Waals surface area contributed by atoms with Crippen LogP contribution in [0.3, 0.4) is 0 Å². The molecule has 158 valence electrons. The minimum atomic E-state index is -4.47. The summed E-state index contributed by atoms with van der Waals surface area (Å²) in [6.07, 6.45) is -3.85. The molecule has 0 saturated carbocycles. The summed E-state index contributed by atoms with van der Waals surface area (Å²) in [6, 6.07) is 13.2. The number of benzene rings is 2. The molecule has 0 aliphatic heterocycles. The molecule has 0 radical (unpaired) electrons. The lowest BCUT2D eigenvalue weighted by molar-refractivity contribution is -0.137. The second kappa shape index (κ2) is 11.4. The Bertz CT molecular complexity index is 784. The van der Waals surface area contributed by atoms with Gasteiger partial charge in [0.25, 0.3) is 5.91 Å². The predicted molar refractivity (Wildman–Crippen MR) is 107 cm³/mol. The number of nitrogens with one attached hydrogen (secondary N) is 1. The molecule has 0 saturated heterocycles. The summed E-state index contributed by atoms with van der Waals surface area (Å²) < 4.78 is 37.8. The molecule has 0 aliphatic carbocycles. The minimum absolute atomic E-state index is 0. The molecule has 0 spiro atoms. The Morgan fingerprint density at radius 3 is 2.17 bits per heavy atom. The van der Waals surface area contributed by atoms with Gasteiger partial charge in [0.05, 0.1) is 12.1 Å². The number of carbonyl (C=O) groups excluding carboxylic acids is 2. The maximum atomic E-state index is 12.6. The van der Waals surface area contributed by atoms with Crippen LogP contribution in [0.25, 0.3) is 0 Å². The van der Waals surface area contributed by atoms with Crippen molar-refractivity contribution in [1.29, 1.82) is 0 Å². The minimum Gasteiger partial charge on any atom is -0.343 e. The highest BCUT2D eigenvalue weighted by Crippen LogP contribution is 2.29. The molecule has 3 N–H and O–H groups in total. The molecule has 0 aromatic heterocycles. The van der Waals surface area contributed by atoms with E-state index in [1.807, 2.05) is 30.3 Å². The van der Waals surface area contributed by atoms with Crippen molar-refractivity contribution in [3.63, 3.8) is 0 Å². The third kappa shape index (κ3) is 7.75. The summed E-state index contributed by atoms with van der Waals surface area (Å²) in [5.74, 6) is -0.905. The summed E-state index contributed by atoms with van der Waals surface area (Å²) >= 11 is 0. The van der Waals surface area contributed by atoms with Crippen molar-refractivity contribution in [3.8, 4) is 0 Å². The number of hydrogen-bond donors (Lipinski definition) is 2. The van der Waals surface area contributed by atoms with Crippen LogP contribution in [-0.2, 0) is 17.5 Å². The van der Waals surface area contributed by atoms with E-state index >= 15 is 0 Å². The topological polar surface area (TPSA) is 75.4 Å². The van der Waals surface area contributed by atoms with Gasteiger partial charge in [-0.15, -0.1) is 12.4 Å². The van der Waals surface area contributed by atoms with Crippen LogP contribution in [0.15, 0.2) is 54.6 Å². The highest BCUT2D eigenvalue weighted by Gasteiger charge is 2.30. The SMILES string of the molecule is Cl.NCCCN(Cc1ccccc1)C(=O)CNC(=O)c1ccc(C(F)(F)F)cc1. The smallest absolute Gasteiger partial charge is 0.343 e. The molecule has 0 aliphatic rings. The molecule has 2 amide bonds. The predicted octanol–water partition coefficient (Wildman–Crippen LogP) is 3.23. The second-order valence-electron chi connectivity index (χ2n) is 6.20. The number of halogens is 4. The Morgan fingerprint density at radius 2 is 1.62 bits per heavy atom. The van der Waals surface area contributed by atoms with E-state index in [1.54, 1.807) is 4.90 Å². The third-order valence-electron chi connectivity index (χ3n) is 4.08. The largest absolute Gasteiger partial charge is 0.416 e. The fourth-order valence-electron chi connectivity index (χ4n) is 2.56. The van der Waals surface area contributed by atoms with Crippen LogP contribution in [0, 0.1) is 0 Å². The van der Waals surface area contributed by atoms with E-state index in [9.17, 15) is 22.8 Å². The Balaban J connectivity index is 0.00000420. The number of hydrogen-bond acceptors (Lipinski definition) is 3. The molecule has 0 bridgehead atoms. The van der Waals surface area contributed by atoms with Crippen LogP contribution < -0.4 is 11.1 Å². The van der Waals surface area contributed by atoms with E-state index in [-0.39, 0.29) is 30.4 Å². The molecule has 0 unspecified atom stereocenters. The Hall–Kier alpha value is -2.58. The monoisotopic (exact) mass is 429 g/mol. The third-order valence-corrected chi connectivity index (χ3v) is 4.08. The molecule has 5 nitrogen and oxygen atoms in total. The normalized spacial score (nSPS) is 10.8. The van der Waals surface area contributed by atoms with Crippen LogP contribution in [0.2, 0.25) is 0 Å². The second-order valence-corrected chi connectivity index (χ2v) is 6.20. The molecule has 2 rings (SSSR count). The lowest BCUT2D eigenvalue weighted by Gasteiger charge is -2.23. The van der Waals surface area contributed by atoms with Gasteiger partial charge < -0.3 is 16.0 Å². The first kappa shape index (κ1) is 24.5. The summed E-state index contributed by atoms with van der Waals surface area (Å²) in [5, 5.41) is 2.46. The van der Waals surface area contributed by atoms with Crippen molar-refractivity contribution >= 4 is 24.2 Å². The summed E-state index contributed by atoms with van der Waals surface area (Å²) in [6.45, 7) is 1.00. The first-order valence-electron chi connectivity index (χ1n) is 8.78. The van der Waals surface area contributed by atoms with E-state index in [1.165, 1.54) is 0 Å². The van der Waals surface area contributed by atoms with E-state index < -0.39 is 17.6 Å². The van der Waals surface area contributed by atoms with Crippen molar-refractivity contribution in [2.24, 2.45) is 5.73 Å². The quantitative estimate of drug-likeness (QED) is 0.676. The van der Waals surface area contributed by atoms with Crippen LogP contribution in [0.1, 0.15) is 27.9 Å². The fraction of sp³-hybridized carbons (Fsp3) is 0.300. The zero-order chi connectivity index (χ0) is 20.6.